The van der Waals surface area contributed by atoms with E-state index in [-0.39, 0.29) is 0 Å². The molecule has 0 aromatic heterocycles. The lowest BCUT2D eigenvalue weighted by molar-refractivity contribution is -0.668. The summed E-state index contributed by atoms with van der Waals surface area (Å²) in [6.07, 6.45) is 0. The third kappa shape index (κ3) is 1.54. The van der Waals surface area contributed by atoms with Crippen LogP contribution in [0.15, 0.2) is 0 Å². The van der Waals surface area contributed by atoms with Crippen LogP contribution >= 0.6 is 0 Å². The van der Waals surface area contributed by atoms with Gasteiger partial charge in [-0.1, -0.05) is 0 Å². The fraction of sp³-hybridized carbons (Fsp3) is 0. The molecule has 0 fully saturated rings. The minimum absolute atomic E-state index is 1.15. The molecule has 0 aromatic rings. The molecule has 0 saturated heterocycles. The summed E-state index contributed by atoms with van der Waals surface area (Å²) in [5.41, 5.74) is 0. The second kappa shape index (κ2) is 2.94. The van der Waals surface area contributed by atoms with Gasteiger partial charge in [0.05, 0.1) is 0 Å². The average Bonchev–Trinajstić information content (AvgIpc) is 1.84. The molecular formula is C2H6N2O4+2. The van der Waals surface area contributed by atoms with Gasteiger partial charge < -0.3 is 0 Å². The zero-order valence-corrected chi connectivity index (χ0v) is 4.05. The minimum atomic E-state index is -1.15. The highest BCUT2D eigenvalue weighted by Crippen LogP contribution is 1.68. The van der Waals surface area contributed by atoms with E-state index >= 15 is 0 Å². The van der Waals surface area contributed by atoms with Crippen LogP contribution in [0.3, 0.4) is 0 Å². The van der Waals surface area contributed by atoms with Gasteiger partial charge in [0, 0.05) is 0 Å². The third-order valence-corrected chi connectivity index (χ3v) is 0.429. The van der Waals surface area contributed by atoms with Crippen molar-refractivity contribution in [2.45, 2.75) is 0 Å². The molecular weight excluding hydrogens is 116 g/mol. The van der Waals surface area contributed by atoms with Crippen LogP contribution in [-0.2, 0) is 19.3 Å². The Hall–Kier alpha value is -1.14. The van der Waals surface area contributed by atoms with Crippen molar-refractivity contribution in [2.24, 2.45) is 0 Å². The standard InChI is InChI=1S/C2H6N2O4/c3-7-1(5)2(6)8-4/h3-4H3/q+2. The van der Waals surface area contributed by atoms with E-state index in [4.69, 9.17) is 0 Å². The van der Waals surface area contributed by atoms with Gasteiger partial charge in [-0.05, 0) is 0 Å². The first kappa shape index (κ1) is 6.86. The second-order valence-electron chi connectivity index (χ2n) is 0.864. The Morgan fingerprint density at radius 1 is 1.00 bits per heavy atom. The number of carbonyl (C=O) groups excluding carboxylic acids is 2. The molecule has 0 amide bonds. The van der Waals surface area contributed by atoms with E-state index in [2.05, 4.69) is 21.5 Å². The fourth-order valence-corrected chi connectivity index (χ4v) is 0.118. The van der Waals surface area contributed by atoms with Crippen molar-refractivity contribution in [3.63, 3.8) is 0 Å². The Kier molecular flexibility index (Phi) is 2.52. The lowest BCUT2D eigenvalue weighted by Crippen LogP contribution is -2.58. The summed E-state index contributed by atoms with van der Waals surface area (Å²) < 4.78 is 0. The van der Waals surface area contributed by atoms with E-state index in [1.165, 1.54) is 0 Å². The molecule has 0 heterocycles. The first-order valence-corrected chi connectivity index (χ1v) is 1.64. The molecule has 6 nitrogen and oxygen atoms in total. The van der Waals surface area contributed by atoms with E-state index in [1.807, 2.05) is 0 Å². The van der Waals surface area contributed by atoms with Crippen LogP contribution in [0.25, 0.3) is 0 Å². The Balaban J connectivity index is 3.64. The number of quaternary nitrogens is 2. The van der Waals surface area contributed by atoms with Crippen molar-refractivity contribution >= 4 is 11.9 Å². The van der Waals surface area contributed by atoms with Crippen molar-refractivity contribution in [3.05, 3.63) is 0 Å². The van der Waals surface area contributed by atoms with Crippen LogP contribution in [0.2, 0.25) is 0 Å². The van der Waals surface area contributed by atoms with Crippen molar-refractivity contribution in [3.8, 4) is 0 Å². The molecule has 0 bridgehead atoms. The lowest BCUT2D eigenvalue weighted by Gasteiger charge is -1.85. The van der Waals surface area contributed by atoms with E-state index < -0.39 is 11.9 Å². The Morgan fingerprint density at radius 2 is 1.25 bits per heavy atom. The Morgan fingerprint density at radius 3 is 1.38 bits per heavy atom. The highest BCUT2D eigenvalue weighted by atomic mass is 16.7. The molecule has 6 heteroatoms. The molecule has 0 radical (unpaired) electrons. The van der Waals surface area contributed by atoms with Crippen molar-refractivity contribution in [1.29, 1.82) is 0 Å². The lowest BCUT2D eigenvalue weighted by atomic mass is 10.7. The Bertz CT molecular complexity index is 96.6. The van der Waals surface area contributed by atoms with E-state index in [9.17, 15) is 9.59 Å². The van der Waals surface area contributed by atoms with Gasteiger partial charge in [-0.3, -0.25) is 9.68 Å². The molecule has 46 valence electrons. The fourth-order valence-electron chi connectivity index (χ4n) is 0.118. The van der Waals surface area contributed by atoms with Crippen LogP contribution < -0.4 is 11.8 Å². The quantitative estimate of drug-likeness (QED) is 0.255. The van der Waals surface area contributed by atoms with Crippen LogP contribution in [0.5, 0.6) is 0 Å². The van der Waals surface area contributed by atoms with Gasteiger partial charge in [0.15, 0.2) is 0 Å². The van der Waals surface area contributed by atoms with Crippen molar-refractivity contribution in [1.82, 2.24) is 0 Å². The Labute approximate surface area is 44.2 Å². The molecule has 0 saturated carbocycles. The van der Waals surface area contributed by atoms with Crippen LogP contribution in [0.1, 0.15) is 0 Å². The summed E-state index contributed by atoms with van der Waals surface area (Å²) in [7, 11) is 0. The highest BCUT2D eigenvalue weighted by Gasteiger charge is 2.18. The SMILES string of the molecule is [NH3+]OC(=O)C(=O)O[NH3+]. The number of hydrogen-bond acceptors (Lipinski definition) is 4. The zero-order valence-electron chi connectivity index (χ0n) is 4.05. The smallest absolute Gasteiger partial charge is 0.269 e. The predicted molar refractivity (Wildman–Crippen MR) is 18.0 cm³/mol. The minimum Gasteiger partial charge on any atom is -0.269 e. The van der Waals surface area contributed by atoms with Crippen LogP contribution in [-0.4, -0.2) is 11.9 Å². The monoisotopic (exact) mass is 122 g/mol. The summed E-state index contributed by atoms with van der Waals surface area (Å²) in [4.78, 5) is 27.3. The molecule has 0 aliphatic rings. The van der Waals surface area contributed by atoms with Gasteiger partial charge in [0.25, 0.3) is 0 Å². The molecule has 0 aliphatic heterocycles. The second-order valence-corrected chi connectivity index (χ2v) is 0.864. The molecule has 0 aromatic carbocycles. The molecule has 0 atom stereocenters. The van der Waals surface area contributed by atoms with E-state index in [0.717, 1.165) is 0 Å². The first-order chi connectivity index (χ1) is 3.72. The molecule has 8 heavy (non-hydrogen) atoms. The zero-order chi connectivity index (χ0) is 6.57. The number of carbonyl (C=O) groups is 2. The topological polar surface area (TPSA) is 108 Å². The molecule has 6 N–H and O–H groups in total. The summed E-state index contributed by atoms with van der Waals surface area (Å²) in [6, 6.07) is 0. The summed E-state index contributed by atoms with van der Waals surface area (Å²) in [6.45, 7) is 0. The summed E-state index contributed by atoms with van der Waals surface area (Å²) in [5, 5.41) is 0. The third-order valence-electron chi connectivity index (χ3n) is 0.429. The van der Waals surface area contributed by atoms with Gasteiger partial charge in [-0.2, -0.15) is 11.8 Å². The van der Waals surface area contributed by atoms with E-state index in [0.29, 0.717) is 0 Å². The highest BCUT2D eigenvalue weighted by molar-refractivity contribution is 6.29. The summed E-state index contributed by atoms with van der Waals surface area (Å²) >= 11 is 0. The number of rotatable bonds is 0. The van der Waals surface area contributed by atoms with Gasteiger partial charge >= 0.3 is 11.9 Å². The van der Waals surface area contributed by atoms with Crippen molar-refractivity contribution < 1.29 is 31.1 Å². The van der Waals surface area contributed by atoms with Crippen molar-refractivity contribution in [2.75, 3.05) is 0 Å². The maximum Gasteiger partial charge on any atom is 0.479 e. The van der Waals surface area contributed by atoms with Gasteiger partial charge in [0.2, 0.25) is 0 Å². The van der Waals surface area contributed by atoms with Gasteiger partial charge in [-0.25, -0.2) is 9.59 Å². The first-order valence-electron chi connectivity index (χ1n) is 1.64. The average molecular weight is 122 g/mol. The molecule has 0 aliphatic carbocycles. The van der Waals surface area contributed by atoms with Crippen LogP contribution in [0.4, 0.5) is 0 Å². The predicted octanol–water partition coefficient (Wildman–Crippen LogP) is -3.61. The van der Waals surface area contributed by atoms with Crippen LogP contribution in [0, 0.1) is 0 Å². The van der Waals surface area contributed by atoms with Gasteiger partial charge in [0.1, 0.15) is 0 Å². The number of hydrogen-bond donors (Lipinski definition) is 2. The maximum absolute atomic E-state index is 9.94. The maximum atomic E-state index is 9.94. The van der Waals surface area contributed by atoms with Gasteiger partial charge in [-0.15, -0.1) is 0 Å². The molecule has 0 rings (SSSR count). The largest absolute Gasteiger partial charge is 0.479 e. The molecule has 0 unspecified atom stereocenters. The summed E-state index contributed by atoms with van der Waals surface area (Å²) in [5.74, 6) is 3.05. The van der Waals surface area contributed by atoms with E-state index in [1.54, 1.807) is 0 Å². The normalized spacial score (nSPS) is 7.75. The molecule has 0 spiro atoms.